The molecule has 0 unspecified atom stereocenters. The molecule has 9 fully saturated rings. The maximum atomic E-state index is 12.3. The molecule has 29 nitrogen and oxygen atoms in total. The third-order valence-corrected chi connectivity index (χ3v) is 21.7. The molecule has 6 aliphatic heterocycles. The molecule has 17 N–H and O–H groups in total. The first-order valence-corrected chi connectivity index (χ1v) is 30.5. The smallest absolute Gasteiger partial charge is 0.189 e. The largest absolute Gasteiger partial charge is 0.394 e. The molecule has 0 aromatic heterocycles. The average Bonchev–Trinajstić information content (AvgIpc) is 1.50. The molecule has 10 aliphatic rings. The molecule has 36 atom stereocenters. The van der Waals surface area contributed by atoms with Crippen molar-refractivity contribution in [3.63, 3.8) is 0 Å². The summed E-state index contributed by atoms with van der Waals surface area (Å²) >= 11 is 0. The summed E-state index contributed by atoms with van der Waals surface area (Å²) in [7, 11) is 1.69. The fourth-order valence-electron chi connectivity index (χ4n) is 16.6. The second-order valence-corrected chi connectivity index (χ2v) is 26.5. The van der Waals surface area contributed by atoms with Crippen molar-refractivity contribution in [1.29, 1.82) is 0 Å². The maximum Gasteiger partial charge on any atom is 0.189 e. The second-order valence-electron chi connectivity index (χ2n) is 26.5. The van der Waals surface area contributed by atoms with Crippen molar-refractivity contribution >= 4 is 0 Å². The van der Waals surface area contributed by atoms with Gasteiger partial charge in [-0.3, -0.25) is 0 Å². The van der Waals surface area contributed by atoms with Crippen LogP contribution < -0.4 is 0 Å². The summed E-state index contributed by atoms with van der Waals surface area (Å²) in [6.45, 7) is 5.99. The van der Waals surface area contributed by atoms with Gasteiger partial charge in [-0.15, -0.1) is 0 Å². The zero-order valence-corrected chi connectivity index (χ0v) is 49.0. The first-order valence-electron chi connectivity index (χ1n) is 30.5. The summed E-state index contributed by atoms with van der Waals surface area (Å²) < 4.78 is 72.3. The monoisotopic (exact) mass is 1240 g/mol. The summed E-state index contributed by atoms with van der Waals surface area (Å²) in [6, 6.07) is 0. The van der Waals surface area contributed by atoms with Crippen LogP contribution in [-0.4, -0.2) is 299 Å². The summed E-state index contributed by atoms with van der Waals surface area (Å²) in [5, 5.41) is 180. The van der Waals surface area contributed by atoms with Gasteiger partial charge in [-0.25, -0.2) is 0 Å². The van der Waals surface area contributed by atoms with Gasteiger partial charge in [0.05, 0.1) is 45.2 Å². The van der Waals surface area contributed by atoms with Gasteiger partial charge in [-0.05, 0) is 91.8 Å². The Hall–Kier alpha value is -1.42. The SMILES string of the molecule is CO[C@]1(CC[C@@H](C)CO[C@@H]2O[C@H](CO)[C@@H](O)[C@H](O)[C@H]2O)O[C@@H]2C[C@H]3[C@H]4CC=C5C[C@@H](O[C@@H]6O[C@H](CO)[C@@H](O[C@@H]7O[C@H](CO)[C@@H](O)[C@H](O[C@@H]8O[C@H](CO)[C@@H](O)[C@H](O)[C@H]8O)[C@H]7O)[C@H](O)[C@H]6O[C@@H]6O[C@@H](O)[C@H](O)[C@@H](O)[C@H]6O)CC[C@]5(C)[C@@H]4CC[C@]3(C)[C@@H]2[C@@H]1C. The molecule has 29 heteroatoms. The summed E-state index contributed by atoms with van der Waals surface area (Å²) in [4.78, 5) is 0. The maximum absolute atomic E-state index is 12.3. The lowest BCUT2D eigenvalue weighted by molar-refractivity contribution is -0.404. The molecule has 496 valence electrons. The first-order chi connectivity index (χ1) is 40.8. The van der Waals surface area contributed by atoms with Gasteiger partial charge in [-0.2, -0.15) is 0 Å². The van der Waals surface area contributed by atoms with E-state index in [-0.39, 0.29) is 41.3 Å². The highest BCUT2D eigenvalue weighted by molar-refractivity contribution is 5.26. The van der Waals surface area contributed by atoms with Gasteiger partial charge in [0.15, 0.2) is 43.5 Å². The highest BCUT2D eigenvalue weighted by atomic mass is 16.8. The molecule has 0 spiro atoms. The van der Waals surface area contributed by atoms with Gasteiger partial charge in [-0.1, -0.05) is 39.3 Å². The Kier molecular flexibility index (Phi) is 21.1. The van der Waals surface area contributed by atoms with E-state index in [2.05, 4.69) is 26.8 Å². The molecule has 0 radical (unpaired) electrons. The summed E-state index contributed by atoms with van der Waals surface area (Å²) in [5.74, 6) is 0.453. The van der Waals surface area contributed by atoms with Crippen LogP contribution in [0.1, 0.15) is 85.5 Å². The van der Waals surface area contributed by atoms with Gasteiger partial charge in [0.1, 0.15) is 116 Å². The van der Waals surface area contributed by atoms with Crippen LogP contribution in [0.5, 0.6) is 0 Å². The molecular weight excluding hydrogens is 1150 g/mol. The molecule has 10 rings (SSSR count). The lowest BCUT2D eigenvalue weighted by Crippen LogP contribution is -2.68. The number of fused-ring (bicyclic) bond motifs is 7. The van der Waals surface area contributed by atoms with E-state index in [1.807, 2.05) is 6.92 Å². The standard InChI is InChI=1S/C57H94O29/c1-21(20-76-50-41(69)37(65)34(62)29(16-58)78-50)8-13-57(75-5)22(2)33-28(86-57)15-27-25-7-6-23-14-24(9-11-55(23,3)26(25)10-12-56(27,33)4)77-54-48(84-52-43(71)39(67)40(68)49(74)85-52)44(72)46(32(19-61)81-54)82-53-45(73)47(36(64)31(18-60)80-53)83-51-42(70)38(66)35(63)30(17-59)79-51/h6,21-22,24-54,58-74H,7-20H2,1-5H3/t21-,22+,24+,25+,26-,27+,28-,29-,30-,31-,32-,33-,34-,35-,36-,37+,38+,39-,40-,41-,42-,43-,44+,45-,46-,47+,48-,49-,50-,51+,52-,53+,54-,55+,56+,57-/m1/s1. The fraction of sp³-hybridized carbons (Fsp3) is 0.965. The van der Waals surface area contributed by atoms with E-state index in [0.29, 0.717) is 49.9 Å². The summed E-state index contributed by atoms with van der Waals surface area (Å²) in [6.07, 6.45) is -35.3. The average molecular weight is 1240 g/mol. The Morgan fingerprint density at radius 3 is 1.73 bits per heavy atom. The number of ether oxygens (including phenoxy) is 12. The minimum atomic E-state index is -2.07. The van der Waals surface area contributed by atoms with E-state index in [1.165, 1.54) is 5.57 Å². The Morgan fingerprint density at radius 1 is 0.558 bits per heavy atom. The van der Waals surface area contributed by atoms with E-state index in [9.17, 15) is 86.8 Å². The van der Waals surface area contributed by atoms with Crippen LogP contribution in [0.4, 0.5) is 0 Å². The lowest BCUT2D eigenvalue weighted by atomic mass is 9.47. The zero-order valence-electron chi connectivity index (χ0n) is 49.0. The number of rotatable bonds is 19. The Bertz CT molecular complexity index is 2260. The minimum absolute atomic E-state index is 0.0327. The molecular formula is C57H94O29. The Morgan fingerprint density at radius 2 is 1.10 bits per heavy atom. The number of aliphatic hydroxyl groups is 17. The van der Waals surface area contributed by atoms with Crippen LogP contribution in [0.25, 0.3) is 0 Å². The van der Waals surface area contributed by atoms with Gasteiger partial charge in [0.25, 0.3) is 0 Å². The van der Waals surface area contributed by atoms with Gasteiger partial charge < -0.3 is 144 Å². The molecule has 3 saturated carbocycles. The molecule has 86 heavy (non-hydrogen) atoms. The third kappa shape index (κ3) is 12.2. The van der Waals surface area contributed by atoms with Crippen LogP contribution in [0, 0.1) is 46.3 Å². The van der Waals surface area contributed by atoms with Crippen molar-refractivity contribution in [3.8, 4) is 0 Å². The zero-order chi connectivity index (χ0) is 62.2. The highest BCUT2D eigenvalue weighted by Gasteiger charge is 2.69. The molecule has 6 saturated heterocycles. The lowest BCUT2D eigenvalue weighted by Gasteiger charge is -2.58. The van der Waals surface area contributed by atoms with Crippen molar-refractivity contribution in [1.82, 2.24) is 0 Å². The number of methoxy groups -OCH3 is 1. The quantitative estimate of drug-likeness (QED) is 0.0536. The number of aliphatic hydroxyl groups excluding tert-OH is 17. The van der Waals surface area contributed by atoms with E-state index >= 15 is 0 Å². The predicted octanol–water partition coefficient (Wildman–Crippen LogP) is -5.60. The van der Waals surface area contributed by atoms with E-state index in [4.69, 9.17) is 56.8 Å². The Labute approximate surface area is 497 Å². The normalized spacial score (nSPS) is 54.3. The number of hydrogen-bond donors (Lipinski definition) is 17. The van der Waals surface area contributed by atoms with Crippen molar-refractivity contribution < 1.29 is 144 Å². The second kappa shape index (κ2) is 26.9. The minimum Gasteiger partial charge on any atom is -0.394 e. The van der Waals surface area contributed by atoms with Crippen molar-refractivity contribution in [2.75, 3.05) is 40.1 Å². The van der Waals surface area contributed by atoms with Crippen molar-refractivity contribution in [3.05, 3.63) is 11.6 Å². The van der Waals surface area contributed by atoms with Crippen LogP contribution in [0.3, 0.4) is 0 Å². The first kappa shape index (κ1) is 67.5. The molecule has 6 heterocycles. The van der Waals surface area contributed by atoms with Gasteiger partial charge in [0, 0.05) is 19.4 Å². The number of hydrogen-bond acceptors (Lipinski definition) is 29. The van der Waals surface area contributed by atoms with Crippen LogP contribution in [0.15, 0.2) is 11.6 Å². The Balaban J connectivity index is 0.808. The highest BCUT2D eigenvalue weighted by Crippen LogP contribution is 2.70. The van der Waals surface area contributed by atoms with E-state index < -0.39 is 192 Å². The van der Waals surface area contributed by atoms with Crippen molar-refractivity contribution in [2.45, 2.75) is 257 Å². The van der Waals surface area contributed by atoms with Crippen molar-refractivity contribution in [2.24, 2.45) is 46.3 Å². The number of allylic oxidation sites excluding steroid dienone is 1. The van der Waals surface area contributed by atoms with E-state index in [0.717, 1.165) is 25.7 Å². The van der Waals surface area contributed by atoms with Crippen LogP contribution in [0.2, 0.25) is 0 Å². The summed E-state index contributed by atoms with van der Waals surface area (Å²) in [5.41, 5.74) is 0.928. The predicted molar refractivity (Wildman–Crippen MR) is 284 cm³/mol. The molecule has 0 aromatic rings. The molecule has 4 aliphatic carbocycles. The molecule has 0 bridgehead atoms. The van der Waals surface area contributed by atoms with Gasteiger partial charge in [0.2, 0.25) is 0 Å². The topological polar surface area (TPSA) is 455 Å². The fourth-order valence-corrected chi connectivity index (χ4v) is 16.6. The van der Waals surface area contributed by atoms with E-state index in [1.54, 1.807) is 7.11 Å². The van der Waals surface area contributed by atoms with Gasteiger partial charge >= 0.3 is 0 Å². The van der Waals surface area contributed by atoms with Crippen LogP contribution in [-0.2, 0) is 56.8 Å². The third-order valence-electron chi connectivity index (χ3n) is 21.7. The molecule has 0 aromatic carbocycles. The van der Waals surface area contributed by atoms with Crippen LogP contribution >= 0.6 is 0 Å². The molecule has 0 amide bonds.